The molecule has 3 rings (SSSR count). The first-order valence-corrected chi connectivity index (χ1v) is 8.95. The van der Waals surface area contributed by atoms with Gasteiger partial charge in [-0.1, -0.05) is 59.3 Å². The largest absolute Gasteiger partial charge is 0.360 e. The molecule has 0 spiro atoms. The Morgan fingerprint density at radius 1 is 1.15 bits per heavy atom. The molecule has 0 radical (unpaired) electrons. The summed E-state index contributed by atoms with van der Waals surface area (Å²) in [6.45, 7) is 2.31. The van der Waals surface area contributed by atoms with Crippen molar-refractivity contribution in [3.05, 3.63) is 81.1 Å². The van der Waals surface area contributed by atoms with E-state index < -0.39 is 4.92 Å². The molecule has 0 bridgehead atoms. The highest BCUT2D eigenvalue weighted by molar-refractivity contribution is 7.99. The zero-order chi connectivity index (χ0) is 18.5. The lowest BCUT2D eigenvalue weighted by atomic mass is 10.2. The Morgan fingerprint density at radius 2 is 1.88 bits per heavy atom. The summed E-state index contributed by atoms with van der Waals surface area (Å²) < 4.78 is 0. The van der Waals surface area contributed by atoms with Crippen molar-refractivity contribution in [2.75, 3.05) is 5.32 Å². The van der Waals surface area contributed by atoms with Crippen LogP contribution in [0.2, 0.25) is 5.02 Å². The average Bonchev–Trinajstić information content (AvgIpc) is 2.63. The van der Waals surface area contributed by atoms with Crippen molar-refractivity contribution in [3.8, 4) is 0 Å². The summed E-state index contributed by atoms with van der Waals surface area (Å²) in [6, 6.07) is 15.0. The quantitative estimate of drug-likeness (QED) is 0.360. The molecule has 26 heavy (non-hydrogen) atoms. The van der Waals surface area contributed by atoms with Crippen molar-refractivity contribution in [1.29, 1.82) is 0 Å². The zero-order valence-electron chi connectivity index (χ0n) is 13.8. The lowest BCUT2D eigenvalue weighted by Crippen LogP contribution is -2.07. The van der Waals surface area contributed by atoms with E-state index in [4.69, 9.17) is 11.6 Å². The number of rotatable bonds is 6. The van der Waals surface area contributed by atoms with Crippen LogP contribution in [-0.2, 0) is 6.54 Å². The molecule has 0 atom stereocenters. The monoisotopic (exact) mass is 386 g/mol. The summed E-state index contributed by atoms with van der Waals surface area (Å²) in [4.78, 5) is 20.2. The molecule has 1 N–H and O–H groups in total. The number of nitrogens with one attached hydrogen (secondary N) is 1. The molecule has 0 fully saturated rings. The van der Waals surface area contributed by atoms with Crippen LogP contribution in [0.3, 0.4) is 0 Å². The van der Waals surface area contributed by atoms with E-state index >= 15 is 0 Å². The van der Waals surface area contributed by atoms with Crippen LogP contribution in [0.5, 0.6) is 0 Å². The Hall–Kier alpha value is -2.64. The van der Waals surface area contributed by atoms with Crippen molar-refractivity contribution in [1.82, 2.24) is 9.97 Å². The molecule has 3 aromatic rings. The van der Waals surface area contributed by atoms with E-state index in [-0.39, 0.29) is 16.5 Å². The van der Waals surface area contributed by atoms with E-state index in [0.717, 1.165) is 16.0 Å². The van der Waals surface area contributed by atoms with Gasteiger partial charge in [-0.2, -0.15) is 0 Å². The second-order valence-electron chi connectivity index (χ2n) is 5.49. The molecular formula is C18H15ClN4O2S. The molecule has 1 aromatic heterocycles. The van der Waals surface area contributed by atoms with Gasteiger partial charge in [-0.25, -0.2) is 9.97 Å². The summed E-state index contributed by atoms with van der Waals surface area (Å²) in [5.74, 6) is 0.166. The minimum atomic E-state index is -0.467. The van der Waals surface area contributed by atoms with Gasteiger partial charge in [0, 0.05) is 16.5 Å². The maximum Gasteiger partial charge on any atom is 0.343 e. The molecule has 0 saturated heterocycles. The predicted molar refractivity (Wildman–Crippen MR) is 103 cm³/mol. The highest BCUT2D eigenvalue weighted by Gasteiger charge is 2.23. The van der Waals surface area contributed by atoms with Gasteiger partial charge in [-0.3, -0.25) is 10.1 Å². The van der Waals surface area contributed by atoms with Gasteiger partial charge in [0.2, 0.25) is 5.82 Å². The van der Waals surface area contributed by atoms with Crippen LogP contribution in [0, 0.1) is 17.0 Å². The van der Waals surface area contributed by atoms with Crippen LogP contribution in [-0.4, -0.2) is 14.9 Å². The molecular weight excluding hydrogens is 372 g/mol. The topological polar surface area (TPSA) is 81.0 Å². The number of halogens is 1. The Morgan fingerprint density at radius 3 is 2.58 bits per heavy atom. The third kappa shape index (κ3) is 4.30. The van der Waals surface area contributed by atoms with Gasteiger partial charge in [-0.15, -0.1) is 0 Å². The van der Waals surface area contributed by atoms with E-state index in [9.17, 15) is 10.1 Å². The third-order valence-corrected chi connectivity index (χ3v) is 4.98. The number of hydrogen-bond acceptors (Lipinski definition) is 6. The second-order valence-corrected chi connectivity index (χ2v) is 6.96. The first-order valence-electron chi connectivity index (χ1n) is 7.76. The number of benzene rings is 2. The fraction of sp³-hybridized carbons (Fsp3) is 0.111. The molecule has 0 unspecified atom stereocenters. The molecule has 1 heterocycles. The highest BCUT2D eigenvalue weighted by atomic mass is 35.5. The summed E-state index contributed by atoms with van der Waals surface area (Å²) in [6.07, 6.45) is 1.32. The fourth-order valence-electron chi connectivity index (χ4n) is 2.27. The lowest BCUT2D eigenvalue weighted by Gasteiger charge is -2.09. The van der Waals surface area contributed by atoms with Gasteiger partial charge in [0.15, 0.2) is 5.03 Å². The van der Waals surface area contributed by atoms with Crippen LogP contribution in [0.4, 0.5) is 11.5 Å². The van der Waals surface area contributed by atoms with Crippen LogP contribution in [0.15, 0.2) is 64.8 Å². The number of aromatic nitrogens is 2. The smallest absolute Gasteiger partial charge is 0.343 e. The maximum atomic E-state index is 11.6. The number of hydrogen-bond donors (Lipinski definition) is 1. The van der Waals surface area contributed by atoms with Crippen LogP contribution < -0.4 is 5.32 Å². The molecule has 132 valence electrons. The summed E-state index contributed by atoms with van der Waals surface area (Å²) in [7, 11) is 0. The number of nitrogens with zero attached hydrogens (tertiary/aromatic N) is 3. The van der Waals surface area contributed by atoms with Crippen molar-refractivity contribution in [3.63, 3.8) is 0 Å². The summed E-state index contributed by atoms with van der Waals surface area (Å²) in [5, 5.41) is 15.5. The number of aryl methyl sites for hydroxylation is 1. The minimum absolute atomic E-state index is 0.148. The van der Waals surface area contributed by atoms with E-state index in [1.165, 1.54) is 18.1 Å². The van der Waals surface area contributed by atoms with Crippen molar-refractivity contribution >= 4 is 34.9 Å². The van der Waals surface area contributed by atoms with Gasteiger partial charge in [-0.05, 0) is 30.7 Å². The van der Waals surface area contributed by atoms with Gasteiger partial charge in [0.1, 0.15) is 6.33 Å². The van der Waals surface area contributed by atoms with Crippen molar-refractivity contribution < 1.29 is 4.92 Å². The average molecular weight is 387 g/mol. The number of nitro groups is 1. The van der Waals surface area contributed by atoms with Gasteiger partial charge in [0.25, 0.3) is 0 Å². The van der Waals surface area contributed by atoms with Gasteiger partial charge < -0.3 is 5.32 Å². The van der Waals surface area contributed by atoms with Crippen LogP contribution in [0.25, 0.3) is 0 Å². The molecule has 0 aliphatic heterocycles. The predicted octanol–water partition coefficient (Wildman–Crippen LogP) is 5.11. The molecule has 2 aromatic carbocycles. The molecule has 0 aliphatic carbocycles. The Balaban J connectivity index is 1.87. The summed E-state index contributed by atoms with van der Waals surface area (Å²) in [5.41, 5.74) is 1.80. The second kappa shape index (κ2) is 8.16. The fourth-order valence-corrected chi connectivity index (χ4v) is 3.34. The highest BCUT2D eigenvalue weighted by Crippen LogP contribution is 2.36. The SMILES string of the molecule is Cc1ccc(Sc2ncnc(NCc3ccccc3Cl)c2[N+](=O)[O-])cc1. The van der Waals surface area contributed by atoms with E-state index in [1.54, 1.807) is 6.07 Å². The Bertz CT molecular complexity index is 935. The maximum absolute atomic E-state index is 11.6. The first-order chi connectivity index (χ1) is 12.5. The summed E-state index contributed by atoms with van der Waals surface area (Å²) >= 11 is 7.36. The standard InChI is InChI=1S/C18H15ClN4O2S/c1-12-6-8-14(9-7-12)26-18-16(23(24)25)17(21-11-22-18)20-10-13-4-2-3-5-15(13)19/h2-9,11H,10H2,1H3,(H,20,21,22). The van der Waals surface area contributed by atoms with Crippen molar-refractivity contribution in [2.24, 2.45) is 0 Å². The minimum Gasteiger partial charge on any atom is -0.360 e. The molecule has 8 heteroatoms. The molecule has 6 nitrogen and oxygen atoms in total. The normalized spacial score (nSPS) is 10.5. The number of anilines is 1. The third-order valence-electron chi connectivity index (χ3n) is 3.61. The van der Waals surface area contributed by atoms with Crippen molar-refractivity contribution in [2.45, 2.75) is 23.4 Å². The van der Waals surface area contributed by atoms with E-state index in [0.29, 0.717) is 11.6 Å². The molecule has 0 amide bonds. The first kappa shape index (κ1) is 18.2. The lowest BCUT2D eigenvalue weighted by molar-refractivity contribution is -0.387. The molecule has 0 aliphatic rings. The molecule has 0 saturated carbocycles. The van der Waals surface area contributed by atoms with E-state index in [2.05, 4.69) is 15.3 Å². The Labute approximate surface area is 159 Å². The van der Waals surface area contributed by atoms with Crippen LogP contribution >= 0.6 is 23.4 Å². The van der Waals surface area contributed by atoms with Gasteiger partial charge in [0.05, 0.1) is 4.92 Å². The van der Waals surface area contributed by atoms with Crippen LogP contribution in [0.1, 0.15) is 11.1 Å². The zero-order valence-corrected chi connectivity index (χ0v) is 15.4. The van der Waals surface area contributed by atoms with Gasteiger partial charge >= 0.3 is 5.69 Å². The van der Waals surface area contributed by atoms with E-state index in [1.807, 2.05) is 49.4 Å². The Kier molecular flexibility index (Phi) is 5.70.